The summed E-state index contributed by atoms with van der Waals surface area (Å²) >= 11 is 5.62. The predicted molar refractivity (Wildman–Crippen MR) is 82.2 cm³/mol. The van der Waals surface area contributed by atoms with Gasteiger partial charge in [0.05, 0.1) is 0 Å². The lowest BCUT2D eigenvalue weighted by Crippen LogP contribution is -2.22. The van der Waals surface area contributed by atoms with Crippen LogP contribution in [-0.4, -0.2) is 24.0 Å². The van der Waals surface area contributed by atoms with Gasteiger partial charge in [-0.05, 0) is 17.7 Å². The van der Waals surface area contributed by atoms with E-state index in [1.807, 2.05) is 6.07 Å². The normalized spacial score (nSPS) is 13.0. The van der Waals surface area contributed by atoms with E-state index in [9.17, 15) is 9.59 Å². The van der Waals surface area contributed by atoms with Gasteiger partial charge in [0.2, 0.25) is 0 Å². The molecule has 0 saturated heterocycles. The van der Waals surface area contributed by atoms with Gasteiger partial charge in [-0.15, -0.1) is 11.6 Å². The molecular formula is C17H14ClNO2. The lowest BCUT2D eigenvalue weighted by Gasteiger charge is -2.18. The lowest BCUT2D eigenvalue weighted by atomic mass is 9.83. The number of hydrogen-bond donors (Lipinski definition) is 1. The summed E-state index contributed by atoms with van der Waals surface area (Å²) in [4.78, 5) is 25.0. The molecule has 0 amide bonds. The fraction of sp³-hybridized carbons (Fsp3) is 0.176. The second kappa shape index (κ2) is 5.80. The molecule has 2 aromatic rings. The Morgan fingerprint density at radius 2 is 1.48 bits per heavy atom. The second-order valence-corrected chi connectivity index (χ2v) is 5.33. The summed E-state index contributed by atoms with van der Waals surface area (Å²) in [5.74, 6) is 0.371. The first kappa shape index (κ1) is 14.0. The standard InChI is InChI=1S/C17H14ClNO2/c18-7-8-19-10-11-5-6-14-15(9-11)17(21)13-4-2-1-3-12(13)16(14)20/h1-6,9,19H,7-8,10H2. The highest BCUT2D eigenvalue weighted by Gasteiger charge is 2.29. The Morgan fingerprint density at radius 1 is 0.857 bits per heavy atom. The Bertz CT molecular complexity index is 724. The molecule has 0 aliphatic heterocycles. The summed E-state index contributed by atoms with van der Waals surface area (Å²) in [6, 6.07) is 12.4. The largest absolute Gasteiger partial charge is 0.311 e. The van der Waals surface area contributed by atoms with E-state index in [0.717, 1.165) is 5.56 Å². The van der Waals surface area contributed by atoms with E-state index in [2.05, 4.69) is 5.32 Å². The van der Waals surface area contributed by atoms with Gasteiger partial charge in [0.15, 0.2) is 11.6 Å². The number of rotatable bonds is 4. The Balaban J connectivity index is 1.99. The predicted octanol–water partition coefficient (Wildman–Crippen LogP) is 2.79. The highest BCUT2D eigenvalue weighted by molar-refractivity contribution is 6.28. The smallest absolute Gasteiger partial charge is 0.194 e. The molecule has 0 unspecified atom stereocenters. The lowest BCUT2D eigenvalue weighted by molar-refractivity contribution is 0.0979. The van der Waals surface area contributed by atoms with Gasteiger partial charge in [0.1, 0.15) is 0 Å². The zero-order chi connectivity index (χ0) is 14.8. The Labute approximate surface area is 127 Å². The molecule has 0 aromatic heterocycles. The van der Waals surface area contributed by atoms with Crippen molar-refractivity contribution >= 4 is 23.2 Å². The molecule has 106 valence electrons. The van der Waals surface area contributed by atoms with Crippen LogP contribution in [0.4, 0.5) is 0 Å². The fourth-order valence-corrected chi connectivity index (χ4v) is 2.69. The Morgan fingerprint density at radius 3 is 2.14 bits per heavy atom. The molecule has 3 rings (SSSR count). The highest BCUT2D eigenvalue weighted by Crippen LogP contribution is 2.27. The molecule has 0 fully saturated rings. The van der Waals surface area contributed by atoms with Crippen molar-refractivity contribution in [2.45, 2.75) is 6.54 Å². The molecule has 21 heavy (non-hydrogen) atoms. The second-order valence-electron chi connectivity index (χ2n) is 4.95. The van der Waals surface area contributed by atoms with E-state index in [1.54, 1.807) is 36.4 Å². The Kier molecular flexibility index (Phi) is 3.86. The zero-order valence-electron chi connectivity index (χ0n) is 11.4. The molecular weight excluding hydrogens is 286 g/mol. The average Bonchev–Trinajstić information content (AvgIpc) is 2.53. The van der Waals surface area contributed by atoms with Crippen LogP contribution in [0.5, 0.6) is 0 Å². The minimum Gasteiger partial charge on any atom is -0.311 e. The van der Waals surface area contributed by atoms with Crippen LogP contribution in [0, 0.1) is 0 Å². The number of carbonyl (C=O) groups excluding carboxylic acids is 2. The van der Waals surface area contributed by atoms with Gasteiger partial charge in [0.25, 0.3) is 0 Å². The van der Waals surface area contributed by atoms with Crippen LogP contribution in [0.3, 0.4) is 0 Å². The van der Waals surface area contributed by atoms with Crippen LogP contribution in [-0.2, 0) is 6.54 Å². The van der Waals surface area contributed by atoms with E-state index < -0.39 is 0 Å². The van der Waals surface area contributed by atoms with E-state index in [0.29, 0.717) is 41.2 Å². The first-order valence-corrected chi connectivity index (χ1v) is 7.34. The van der Waals surface area contributed by atoms with E-state index in [4.69, 9.17) is 11.6 Å². The van der Waals surface area contributed by atoms with Crippen molar-refractivity contribution < 1.29 is 9.59 Å². The van der Waals surface area contributed by atoms with Crippen molar-refractivity contribution in [3.05, 3.63) is 70.3 Å². The fourth-order valence-electron chi connectivity index (χ4n) is 2.56. The van der Waals surface area contributed by atoms with Crippen LogP contribution < -0.4 is 5.32 Å². The third-order valence-corrected chi connectivity index (χ3v) is 3.78. The summed E-state index contributed by atoms with van der Waals surface area (Å²) in [5.41, 5.74) is 2.92. The minimum absolute atomic E-state index is 0.0829. The van der Waals surface area contributed by atoms with Crippen molar-refractivity contribution in [2.75, 3.05) is 12.4 Å². The molecule has 4 heteroatoms. The SMILES string of the molecule is O=C1c2ccccc2C(=O)c2cc(CNCCCl)ccc21. The van der Waals surface area contributed by atoms with E-state index in [-0.39, 0.29) is 11.6 Å². The topological polar surface area (TPSA) is 46.2 Å². The van der Waals surface area contributed by atoms with Gasteiger partial charge in [-0.2, -0.15) is 0 Å². The number of nitrogens with one attached hydrogen (secondary N) is 1. The number of hydrogen-bond acceptors (Lipinski definition) is 3. The number of fused-ring (bicyclic) bond motifs is 2. The molecule has 0 saturated carbocycles. The monoisotopic (exact) mass is 299 g/mol. The molecule has 1 aliphatic rings. The Hall–Kier alpha value is -1.97. The van der Waals surface area contributed by atoms with Crippen molar-refractivity contribution in [2.24, 2.45) is 0 Å². The molecule has 1 N–H and O–H groups in total. The maximum absolute atomic E-state index is 12.5. The van der Waals surface area contributed by atoms with Crippen LogP contribution in [0.1, 0.15) is 37.4 Å². The van der Waals surface area contributed by atoms with Crippen LogP contribution in [0.25, 0.3) is 0 Å². The summed E-state index contributed by atoms with van der Waals surface area (Å²) in [6.45, 7) is 1.33. The minimum atomic E-state index is -0.0839. The van der Waals surface area contributed by atoms with Crippen LogP contribution in [0.2, 0.25) is 0 Å². The van der Waals surface area contributed by atoms with E-state index >= 15 is 0 Å². The molecule has 0 heterocycles. The van der Waals surface area contributed by atoms with E-state index in [1.165, 1.54) is 0 Å². The first-order chi connectivity index (χ1) is 10.2. The third-order valence-electron chi connectivity index (χ3n) is 3.59. The maximum Gasteiger partial charge on any atom is 0.194 e. The summed E-state index contributed by atoms with van der Waals surface area (Å²) in [6.07, 6.45) is 0. The molecule has 3 nitrogen and oxygen atoms in total. The molecule has 0 spiro atoms. The van der Waals surface area contributed by atoms with Gasteiger partial charge in [-0.3, -0.25) is 9.59 Å². The molecule has 0 atom stereocenters. The number of carbonyl (C=O) groups is 2. The maximum atomic E-state index is 12.5. The molecule has 1 aliphatic carbocycles. The third kappa shape index (κ3) is 2.50. The average molecular weight is 300 g/mol. The van der Waals surface area contributed by atoms with Gasteiger partial charge in [0, 0.05) is 41.2 Å². The van der Waals surface area contributed by atoms with Crippen LogP contribution in [0.15, 0.2) is 42.5 Å². The number of benzene rings is 2. The van der Waals surface area contributed by atoms with Crippen molar-refractivity contribution in [3.8, 4) is 0 Å². The summed E-state index contributed by atoms with van der Waals surface area (Å²) < 4.78 is 0. The quantitative estimate of drug-likeness (QED) is 0.595. The first-order valence-electron chi connectivity index (χ1n) is 6.80. The highest BCUT2D eigenvalue weighted by atomic mass is 35.5. The van der Waals surface area contributed by atoms with Crippen molar-refractivity contribution in [1.82, 2.24) is 5.32 Å². The van der Waals surface area contributed by atoms with Crippen LogP contribution >= 0.6 is 11.6 Å². The number of ketones is 2. The van der Waals surface area contributed by atoms with Gasteiger partial charge < -0.3 is 5.32 Å². The van der Waals surface area contributed by atoms with Gasteiger partial charge >= 0.3 is 0 Å². The zero-order valence-corrected chi connectivity index (χ0v) is 12.1. The van der Waals surface area contributed by atoms with Crippen molar-refractivity contribution in [1.29, 1.82) is 0 Å². The van der Waals surface area contributed by atoms with Crippen molar-refractivity contribution in [3.63, 3.8) is 0 Å². The summed E-state index contributed by atoms with van der Waals surface area (Å²) in [5, 5.41) is 3.18. The van der Waals surface area contributed by atoms with Gasteiger partial charge in [-0.1, -0.05) is 30.3 Å². The number of alkyl halides is 1. The molecule has 0 radical (unpaired) electrons. The molecule has 2 aromatic carbocycles. The summed E-state index contributed by atoms with van der Waals surface area (Å²) in [7, 11) is 0. The number of halogens is 1. The van der Waals surface area contributed by atoms with Gasteiger partial charge in [-0.25, -0.2) is 0 Å². The molecule has 0 bridgehead atoms.